The minimum absolute atomic E-state index is 0.148. The molecule has 0 bridgehead atoms. The first-order chi connectivity index (χ1) is 13.5. The van der Waals surface area contributed by atoms with Crippen molar-refractivity contribution in [1.82, 2.24) is 4.90 Å². The Kier molecular flexibility index (Phi) is 6.49. The fraction of sp³-hybridized carbons (Fsp3) is 0.600. The number of rotatable bonds is 5. The molecule has 1 aromatic rings. The quantitative estimate of drug-likeness (QED) is 0.437. The Balaban J connectivity index is 1.64. The lowest BCUT2D eigenvalue weighted by Crippen LogP contribution is -2.49. The van der Waals surface area contributed by atoms with Gasteiger partial charge in [0.05, 0.1) is 23.3 Å². The summed E-state index contributed by atoms with van der Waals surface area (Å²) in [5, 5.41) is 11.0. The number of nitro benzene ring substituents is 1. The number of methoxy groups -OCH3 is 1. The summed E-state index contributed by atoms with van der Waals surface area (Å²) in [4.78, 5) is 39.1. The van der Waals surface area contributed by atoms with E-state index in [1.165, 1.54) is 38.5 Å². The number of non-ortho nitro benzene ring substituents is 1. The maximum absolute atomic E-state index is 12.6. The van der Waals surface area contributed by atoms with Crippen LogP contribution in [0.25, 0.3) is 0 Å². The second-order valence-electron chi connectivity index (χ2n) is 7.53. The number of anilines is 1. The van der Waals surface area contributed by atoms with Crippen molar-refractivity contribution >= 4 is 23.3 Å². The molecule has 2 fully saturated rings. The smallest absolute Gasteiger partial charge is 0.340 e. The molecule has 1 heterocycles. The number of hydrogen-bond acceptors (Lipinski definition) is 6. The summed E-state index contributed by atoms with van der Waals surface area (Å²) < 4.78 is 4.79. The number of benzene rings is 1. The van der Waals surface area contributed by atoms with Gasteiger partial charge in [-0.2, -0.15) is 0 Å². The van der Waals surface area contributed by atoms with Crippen molar-refractivity contribution in [3.05, 3.63) is 33.9 Å². The number of ether oxygens (including phenoxy) is 1. The first-order valence-corrected chi connectivity index (χ1v) is 9.89. The van der Waals surface area contributed by atoms with Crippen molar-refractivity contribution in [2.75, 3.05) is 38.2 Å². The Morgan fingerprint density at radius 3 is 2.43 bits per heavy atom. The number of piperazine rings is 1. The van der Waals surface area contributed by atoms with Crippen molar-refractivity contribution in [1.29, 1.82) is 0 Å². The Morgan fingerprint density at radius 1 is 1.14 bits per heavy atom. The molecule has 1 aromatic carbocycles. The lowest BCUT2D eigenvalue weighted by Gasteiger charge is -2.37. The van der Waals surface area contributed by atoms with E-state index in [-0.39, 0.29) is 17.2 Å². The van der Waals surface area contributed by atoms with Crippen molar-refractivity contribution in [2.24, 2.45) is 5.92 Å². The van der Waals surface area contributed by atoms with Crippen molar-refractivity contribution in [3.63, 3.8) is 0 Å². The highest BCUT2D eigenvalue weighted by Gasteiger charge is 2.27. The van der Waals surface area contributed by atoms with Gasteiger partial charge in [0.2, 0.25) is 5.91 Å². The number of nitrogens with zero attached hydrogens (tertiary/aromatic N) is 3. The fourth-order valence-corrected chi connectivity index (χ4v) is 4.15. The Labute approximate surface area is 164 Å². The van der Waals surface area contributed by atoms with Crippen LogP contribution in [0.4, 0.5) is 11.4 Å². The molecule has 152 valence electrons. The number of hydrogen-bond donors (Lipinski definition) is 0. The van der Waals surface area contributed by atoms with Crippen LogP contribution in [0.15, 0.2) is 18.2 Å². The van der Waals surface area contributed by atoms with Crippen LogP contribution in [-0.2, 0) is 9.53 Å². The molecule has 3 rings (SSSR count). The van der Waals surface area contributed by atoms with Gasteiger partial charge in [0.25, 0.3) is 5.69 Å². The van der Waals surface area contributed by atoms with Crippen molar-refractivity contribution in [3.8, 4) is 0 Å². The average molecular weight is 389 g/mol. The Bertz CT molecular complexity index is 737. The second-order valence-corrected chi connectivity index (χ2v) is 7.53. The van der Waals surface area contributed by atoms with Crippen LogP contribution in [0.3, 0.4) is 0 Å². The summed E-state index contributed by atoms with van der Waals surface area (Å²) in [5.74, 6) is 0.123. The summed E-state index contributed by atoms with van der Waals surface area (Å²) in [5.41, 5.74) is 0.640. The van der Waals surface area contributed by atoms with Gasteiger partial charge in [0.1, 0.15) is 0 Å². The Morgan fingerprint density at radius 2 is 1.82 bits per heavy atom. The van der Waals surface area contributed by atoms with Gasteiger partial charge >= 0.3 is 5.97 Å². The molecule has 0 spiro atoms. The van der Waals surface area contributed by atoms with E-state index in [1.54, 1.807) is 6.07 Å². The first-order valence-electron chi connectivity index (χ1n) is 9.89. The van der Waals surface area contributed by atoms with Gasteiger partial charge in [-0.05, 0) is 24.8 Å². The summed E-state index contributed by atoms with van der Waals surface area (Å²) >= 11 is 0. The van der Waals surface area contributed by atoms with Crippen molar-refractivity contribution in [2.45, 2.75) is 38.5 Å². The summed E-state index contributed by atoms with van der Waals surface area (Å²) in [6.07, 6.45) is 6.66. The molecule has 0 aromatic heterocycles. The molecule has 8 heteroatoms. The highest BCUT2D eigenvalue weighted by Crippen LogP contribution is 2.29. The van der Waals surface area contributed by atoms with E-state index >= 15 is 0 Å². The van der Waals surface area contributed by atoms with Gasteiger partial charge < -0.3 is 14.5 Å². The molecule has 28 heavy (non-hydrogen) atoms. The Hall–Kier alpha value is -2.64. The van der Waals surface area contributed by atoms with Crippen LogP contribution < -0.4 is 4.90 Å². The van der Waals surface area contributed by atoms with Gasteiger partial charge in [-0.25, -0.2) is 4.79 Å². The molecule has 2 aliphatic rings. The van der Waals surface area contributed by atoms with Crippen LogP contribution in [0.2, 0.25) is 0 Å². The van der Waals surface area contributed by atoms with Crippen LogP contribution in [-0.4, -0.2) is 55.0 Å². The summed E-state index contributed by atoms with van der Waals surface area (Å²) in [6, 6.07) is 4.23. The largest absolute Gasteiger partial charge is 0.465 e. The lowest BCUT2D eigenvalue weighted by molar-refractivity contribution is -0.384. The third-order valence-corrected chi connectivity index (χ3v) is 5.76. The molecule has 1 aliphatic carbocycles. The molecule has 0 radical (unpaired) electrons. The molecule has 0 N–H and O–H groups in total. The number of amides is 1. The molecule has 1 saturated heterocycles. The normalized spacial score (nSPS) is 18.0. The monoisotopic (exact) mass is 389 g/mol. The first kappa shape index (κ1) is 20.1. The van der Waals surface area contributed by atoms with E-state index in [9.17, 15) is 19.7 Å². The highest BCUT2D eigenvalue weighted by molar-refractivity contribution is 5.96. The van der Waals surface area contributed by atoms with Gasteiger partial charge in [-0.3, -0.25) is 14.9 Å². The highest BCUT2D eigenvalue weighted by atomic mass is 16.6. The fourth-order valence-electron chi connectivity index (χ4n) is 4.15. The number of esters is 1. The van der Waals surface area contributed by atoms with Crippen molar-refractivity contribution < 1.29 is 19.2 Å². The van der Waals surface area contributed by atoms with Gasteiger partial charge in [0, 0.05) is 44.7 Å². The second kappa shape index (κ2) is 9.03. The van der Waals surface area contributed by atoms with E-state index in [1.807, 2.05) is 9.80 Å². The topological polar surface area (TPSA) is 93.0 Å². The minimum Gasteiger partial charge on any atom is -0.465 e. The molecule has 1 aliphatic heterocycles. The maximum atomic E-state index is 12.6. The standard InChI is InChI=1S/C20H27N3O5/c1-28-20(25)17-14-16(23(26)27)7-8-18(17)21-9-11-22(12-10-21)19(24)13-15-5-3-2-4-6-15/h7-8,14-15H,2-6,9-13H2,1H3. The van der Waals surface area contributed by atoms with Crippen LogP contribution in [0.5, 0.6) is 0 Å². The minimum atomic E-state index is -0.602. The number of nitro groups is 1. The van der Waals surface area contributed by atoms with E-state index in [0.717, 1.165) is 12.8 Å². The molecule has 1 amide bonds. The zero-order chi connectivity index (χ0) is 20.1. The predicted molar refractivity (Wildman–Crippen MR) is 104 cm³/mol. The maximum Gasteiger partial charge on any atom is 0.340 e. The molecular weight excluding hydrogens is 362 g/mol. The number of carbonyl (C=O) groups excluding carboxylic acids is 2. The number of carbonyl (C=O) groups is 2. The third-order valence-electron chi connectivity index (χ3n) is 5.76. The zero-order valence-electron chi connectivity index (χ0n) is 16.3. The van der Waals surface area contributed by atoms with Crippen LogP contribution in [0.1, 0.15) is 48.9 Å². The zero-order valence-corrected chi connectivity index (χ0v) is 16.3. The molecule has 8 nitrogen and oxygen atoms in total. The van der Waals surface area contributed by atoms with Crippen LogP contribution >= 0.6 is 0 Å². The molecule has 0 atom stereocenters. The van der Waals surface area contributed by atoms with Gasteiger partial charge in [-0.1, -0.05) is 19.3 Å². The molecular formula is C20H27N3O5. The summed E-state index contributed by atoms with van der Waals surface area (Å²) in [7, 11) is 1.26. The predicted octanol–water partition coefficient (Wildman–Crippen LogP) is 3.00. The summed E-state index contributed by atoms with van der Waals surface area (Å²) in [6.45, 7) is 2.34. The average Bonchev–Trinajstić information content (AvgIpc) is 2.73. The van der Waals surface area contributed by atoms with Gasteiger partial charge in [0.15, 0.2) is 0 Å². The molecule has 0 unspecified atom stereocenters. The van der Waals surface area contributed by atoms with E-state index in [4.69, 9.17) is 4.74 Å². The third kappa shape index (κ3) is 4.61. The van der Waals surface area contributed by atoms with Gasteiger partial charge in [-0.15, -0.1) is 0 Å². The molecule has 1 saturated carbocycles. The van der Waals surface area contributed by atoms with Crippen LogP contribution in [0, 0.1) is 16.0 Å². The van der Waals surface area contributed by atoms with E-state index < -0.39 is 10.9 Å². The van der Waals surface area contributed by atoms with E-state index in [0.29, 0.717) is 44.2 Å². The lowest BCUT2D eigenvalue weighted by atomic mass is 9.86. The SMILES string of the molecule is COC(=O)c1cc([N+](=O)[O-])ccc1N1CCN(C(=O)CC2CCCCC2)CC1. The van der Waals surface area contributed by atoms with E-state index in [2.05, 4.69) is 0 Å².